The molecule has 0 saturated heterocycles. The van der Waals surface area contributed by atoms with E-state index in [1.54, 1.807) is 0 Å². The van der Waals surface area contributed by atoms with E-state index in [-0.39, 0.29) is 32.2 Å². The second-order valence-electron chi connectivity index (χ2n) is 31.2. The number of hydrogen-bond acceptors (Lipinski definition) is 8. The second kappa shape index (κ2) is 80.9. The first-order valence-corrected chi connectivity index (χ1v) is 43.8. The molecule has 0 aliphatic rings. The van der Waals surface area contributed by atoms with E-state index in [2.05, 4.69) is 62.5 Å². The minimum atomic E-state index is -1.62. The number of carboxylic acids is 1. The summed E-state index contributed by atoms with van der Waals surface area (Å²) in [5, 5.41) is 11.9. The molecule has 0 bridgehead atoms. The Labute approximate surface area is 616 Å². The van der Waals surface area contributed by atoms with E-state index in [0.29, 0.717) is 17.4 Å². The van der Waals surface area contributed by atoms with Gasteiger partial charge in [0.25, 0.3) is 0 Å². The predicted octanol–water partition coefficient (Wildman–Crippen LogP) is 27.0. The topological polar surface area (TPSA) is 111 Å². The molecule has 0 aromatic heterocycles. The number of carbonyl (C=O) groups excluding carboxylic acids is 3. The summed E-state index contributed by atoms with van der Waals surface area (Å²) in [7, 11) is 5.96. The van der Waals surface area contributed by atoms with Crippen molar-refractivity contribution >= 4 is 17.9 Å². The fourth-order valence-corrected chi connectivity index (χ4v) is 13.4. The number of carbonyl (C=O) groups is 3. The Morgan fingerprint density at radius 2 is 0.545 bits per heavy atom. The van der Waals surface area contributed by atoms with Gasteiger partial charge in [0.15, 0.2) is 12.4 Å². The molecule has 0 radical (unpaired) electrons. The molecule has 0 heterocycles. The van der Waals surface area contributed by atoms with Crippen molar-refractivity contribution in [3.05, 3.63) is 48.6 Å². The number of esters is 2. The quantitative estimate of drug-likeness (QED) is 0.0195. The molecular formula is C90H169NO8. The van der Waals surface area contributed by atoms with Gasteiger partial charge in [0, 0.05) is 12.8 Å². The van der Waals surface area contributed by atoms with E-state index in [1.165, 1.54) is 372 Å². The summed E-state index contributed by atoms with van der Waals surface area (Å²) >= 11 is 0. The first-order valence-electron chi connectivity index (χ1n) is 43.8. The van der Waals surface area contributed by atoms with Crippen LogP contribution in [0.1, 0.15) is 450 Å². The van der Waals surface area contributed by atoms with Gasteiger partial charge in [-0.2, -0.15) is 0 Å². The van der Waals surface area contributed by atoms with Crippen LogP contribution < -0.4 is 5.11 Å². The molecule has 0 fully saturated rings. The molecule has 9 nitrogen and oxygen atoms in total. The number of nitrogens with zero attached hydrogens (tertiary/aromatic N) is 1. The van der Waals surface area contributed by atoms with Crippen LogP contribution in [0.25, 0.3) is 0 Å². The summed E-state index contributed by atoms with van der Waals surface area (Å²) in [6, 6.07) is 0. The summed E-state index contributed by atoms with van der Waals surface area (Å²) in [5.41, 5.74) is 0. The average molecular weight is 1390 g/mol. The SMILES string of the molecule is CCCCCCC/C=C\C/C=C\C/C=C\CCCCCCCCCCCCCCCCCCCCC(=O)OC(COC(=O)CCCCCCCCCCCCCCCCCCCCCCCCCCCCCCC/C=C\CCCCCCCCCC)COC(OCC[N+](C)(C)C)C(=O)[O-]. The number of rotatable bonds is 83. The molecule has 2 atom stereocenters. The van der Waals surface area contributed by atoms with Gasteiger partial charge in [-0.1, -0.05) is 409 Å². The maximum atomic E-state index is 13.0. The van der Waals surface area contributed by atoms with E-state index >= 15 is 0 Å². The fourth-order valence-electron chi connectivity index (χ4n) is 13.4. The zero-order valence-corrected chi connectivity index (χ0v) is 66.9. The van der Waals surface area contributed by atoms with Gasteiger partial charge in [0.2, 0.25) is 0 Å². The van der Waals surface area contributed by atoms with Gasteiger partial charge in [0.05, 0.1) is 40.3 Å². The van der Waals surface area contributed by atoms with Crippen LogP contribution in [-0.2, 0) is 33.3 Å². The standard InChI is InChI=1S/C90H169NO8/c1-6-8-10-12-14-16-18-20-22-24-26-28-30-32-34-36-38-40-41-42-43-44-45-46-47-49-50-52-54-56-58-60-62-64-66-68-70-72-74-76-78-80-87(92)97-84-86(85-98-90(89(94)95)96-83-82-91(3,4)5)99-88(93)81-79-77-75-73-71-69-67-65-63-61-59-57-55-53-51-48-39-37-35-33-31-29-27-25-23-21-19-17-15-13-11-9-7-2/h19,21,24-27,31,33,86,90H,6-18,20,22-23,28-30,32,34-85H2,1-5H3/b21-19-,26-24-,27-25-,33-31-. The number of allylic oxidation sites excluding steroid dienone is 8. The van der Waals surface area contributed by atoms with Crippen molar-refractivity contribution in [2.24, 2.45) is 0 Å². The Hall–Kier alpha value is -2.75. The smallest absolute Gasteiger partial charge is 0.306 e. The lowest BCUT2D eigenvalue weighted by molar-refractivity contribution is -0.870. The van der Waals surface area contributed by atoms with Crippen LogP contribution in [-0.4, -0.2) is 82.3 Å². The maximum Gasteiger partial charge on any atom is 0.306 e. The average Bonchev–Trinajstić information content (AvgIpc) is 1.57. The number of aliphatic carboxylic acids is 1. The van der Waals surface area contributed by atoms with Gasteiger partial charge in [-0.05, 0) is 77.0 Å². The number of carboxylic acid groups (broad SMARTS) is 1. The number of hydrogen-bond donors (Lipinski definition) is 0. The summed E-state index contributed by atoms with van der Waals surface area (Å²) < 4.78 is 22.9. The molecule has 0 spiro atoms. The van der Waals surface area contributed by atoms with Crippen molar-refractivity contribution < 1.29 is 42.9 Å². The fraction of sp³-hybridized carbons (Fsp3) is 0.878. The normalized spacial score (nSPS) is 12.8. The Morgan fingerprint density at radius 3 is 0.818 bits per heavy atom. The number of unbranched alkanes of at least 4 members (excludes halogenated alkanes) is 60. The van der Waals surface area contributed by atoms with E-state index in [4.69, 9.17) is 18.9 Å². The number of ether oxygens (including phenoxy) is 4. The molecule has 0 amide bonds. The molecular weight excluding hydrogens is 1220 g/mol. The second-order valence-corrected chi connectivity index (χ2v) is 31.2. The molecule has 9 heteroatoms. The molecule has 0 aliphatic carbocycles. The minimum absolute atomic E-state index is 0.150. The maximum absolute atomic E-state index is 13.0. The van der Waals surface area contributed by atoms with Crippen molar-refractivity contribution in [2.45, 2.75) is 463 Å². The lowest BCUT2D eigenvalue weighted by Crippen LogP contribution is -2.44. The summed E-state index contributed by atoms with van der Waals surface area (Å²) in [4.78, 5) is 37.7. The molecule has 0 aromatic rings. The van der Waals surface area contributed by atoms with Crippen LogP contribution in [0, 0.1) is 0 Å². The van der Waals surface area contributed by atoms with Crippen LogP contribution in [0.5, 0.6) is 0 Å². The molecule has 0 rings (SSSR count). The van der Waals surface area contributed by atoms with Crippen molar-refractivity contribution in [3.63, 3.8) is 0 Å². The largest absolute Gasteiger partial charge is 0.545 e. The summed E-state index contributed by atoms with van der Waals surface area (Å²) in [6.45, 7) is 4.82. The van der Waals surface area contributed by atoms with Crippen molar-refractivity contribution in [1.82, 2.24) is 0 Å². The molecule has 2 unspecified atom stereocenters. The lowest BCUT2D eigenvalue weighted by Gasteiger charge is -2.26. The monoisotopic (exact) mass is 1390 g/mol. The molecule has 0 aliphatic heterocycles. The Kier molecular flexibility index (Phi) is 78.7. The van der Waals surface area contributed by atoms with E-state index < -0.39 is 24.3 Å². The van der Waals surface area contributed by atoms with Gasteiger partial charge >= 0.3 is 11.9 Å². The number of quaternary nitrogens is 1. The molecule has 0 saturated carbocycles. The van der Waals surface area contributed by atoms with Crippen molar-refractivity contribution in [2.75, 3.05) is 47.5 Å². The highest BCUT2D eigenvalue weighted by atomic mass is 16.7. The van der Waals surface area contributed by atoms with Crippen LogP contribution in [0.4, 0.5) is 0 Å². The molecule has 99 heavy (non-hydrogen) atoms. The van der Waals surface area contributed by atoms with Gasteiger partial charge in [0.1, 0.15) is 13.2 Å². The van der Waals surface area contributed by atoms with Gasteiger partial charge in [-0.3, -0.25) is 9.59 Å². The highest BCUT2D eigenvalue weighted by Gasteiger charge is 2.22. The van der Waals surface area contributed by atoms with Crippen molar-refractivity contribution in [3.8, 4) is 0 Å². The van der Waals surface area contributed by atoms with Crippen LogP contribution >= 0.6 is 0 Å². The van der Waals surface area contributed by atoms with Crippen LogP contribution in [0.2, 0.25) is 0 Å². The van der Waals surface area contributed by atoms with Crippen LogP contribution in [0.3, 0.4) is 0 Å². The van der Waals surface area contributed by atoms with Gasteiger partial charge in [-0.25, -0.2) is 0 Å². The van der Waals surface area contributed by atoms with E-state index in [9.17, 15) is 19.5 Å². The Bertz CT molecular complexity index is 1770. The van der Waals surface area contributed by atoms with Crippen LogP contribution in [0.15, 0.2) is 48.6 Å². The number of likely N-dealkylation sites (N-methyl/N-ethyl adjacent to an activating group) is 1. The lowest BCUT2D eigenvalue weighted by atomic mass is 10.0. The van der Waals surface area contributed by atoms with Gasteiger partial charge in [-0.15, -0.1) is 0 Å². The molecule has 0 N–H and O–H groups in total. The zero-order chi connectivity index (χ0) is 71.8. The van der Waals surface area contributed by atoms with Crippen molar-refractivity contribution in [1.29, 1.82) is 0 Å². The molecule has 582 valence electrons. The zero-order valence-electron chi connectivity index (χ0n) is 66.9. The molecule has 0 aromatic carbocycles. The highest BCUT2D eigenvalue weighted by Crippen LogP contribution is 2.20. The van der Waals surface area contributed by atoms with E-state index in [1.807, 2.05) is 21.1 Å². The first-order chi connectivity index (χ1) is 48.6. The van der Waals surface area contributed by atoms with Gasteiger partial charge < -0.3 is 33.3 Å². The summed E-state index contributed by atoms with van der Waals surface area (Å²) in [5.74, 6) is -2.25. The summed E-state index contributed by atoms with van der Waals surface area (Å²) in [6.07, 6.45) is 104. The predicted molar refractivity (Wildman–Crippen MR) is 426 cm³/mol. The Balaban J connectivity index is 3.91. The Morgan fingerprint density at radius 1 is 0.303 bits per heavy atom. The third-order valence-corrected chi connectivity index (χ3v) is 20.0. The minimum Gasteiger partial charge on any atom is -0.545 e. The van der Waals surface area contributed by atoms with E-state index in [0.717, 1.165) is 51.4 Å². The highest BCUT2D eigenvalue weighted by molar-refractivity contribution is 5.70. The third-order valence-electron chi connectivity index (χ3n) is 20.0. The third kappa shape index (κ3) is 82.4. The first kappa shape index (κ1) is 96.2.